The molecule has 0 aliphatic heterocycles. The van der Waals surface area contributed by atoms with Crippen molar-refractivity contribution in [2.75, 3.05) is 19.3 Å². The van der Waals surface area contributed by atoms with E-state index in [9.17, 15) is 0 Å². The molecule has 0 N–H and O–H groups in total. The molecule has 0 aromatic heterocycles. The lowest BCUT2D eigenvalue weighted by Gasteiger charge is -2.19. The predicted molar refractivity (Wildman–Crippen MR) is 65.0 cm³/mol. The zero-order valence-corrected chi connectivity index (χ0v) is 11.2. The molecule has 0 amide bonds. The minimum atomic E-state index is 0.0397. The monoisotopic (exact) mass is 199 g/mol. The highest BCUT2D eigenvalue weighted by Gasteiger charge is 2.00. The zero-order valence-electron chi connectivity index (χ0n) is 9.77. The van der Waals surface area contributed by atoms with E-state index in [-0.39, 0.29) is 9.52 Å². The Labute approximate surface area is 86.0 Å². The lowest BCUT2D eigenvalue weighted by molar-refractivity contribution is 0.317. The van der Waals surface area contributed by atoms with Crippen LogP contribution in [0.2, 0.25) is 0 Å². The van der Waals surface area contributed by atoms with Gasteiger partial charge in [0.15, 0.2) is 0 Å². The SMILES string of the molecule is CCCN(CCC)C[SiH2]C=C(C)C. The Kier molecular flexibility index (Phi) is 8.46. The van der Waals surface area contributed by atoms with Gasteiger partial charge in [-0.25, -0.2) is 0 Å². The van der Waals surface area contributed by atoms with Crippen molar-refractivity contribution in [2.24, 2.45) is 0 Å². The molecule has 0 bridgehead atoms. The number of allylic oxidation sites excluding steroid dienone is 1. The van der Waals surface area contributed by atoms with Crippen molar-refractivity contribution in [2.45, 2.75) is 40.5 Å². The van der Waals surface area contributed by atoms with Gasteiger partial charge >= 0.3 is 0 Å². The fourth-order valence-electron chi connectivity index (χ4n) is 1.50. The molecule has 2 heteroatoms. The van der Waals surface area contributed by atoms with Crippen molar-refractivity contribution in [3.05, 3.63) is 11.3 Å². The van der Waals surface area contributed by atoms with Crippen molar-refractivity contribution in [3.8, 4) is 0 Å². The van der Waals surface area contributed by atoms with Gasteiger partial charge in [0.1, 0.15) is 0 Å². The minimum absolute atomic E-state index is 0.0397. The molecule has 0 aliphatic rings. The third kappa shape index (κ3) is 8.25. The van der Waals surface area contributed by atoms with Crippen LogP contribution in [-0.4, -0.2) is 33.7 Å². The van der Waals surface area contributed by atoms with E-state index in [1.54, 1.807) is 0 Å². The Hall–Kier alpha value is -0.0831. The average Bonchev–Trinajstić information content (AvgIpc) is 2.04. The maximum atomic E-state index is 2.62. The maximum Gasteiger partial charge on any atom is 0.0611 e. The smallest absolute Gasteiger partial charge is 0.0611 e. The van der Waals surface area contributed by atoms with E-state index < -0.39 is 0 Å². The summed E-state index contributed by atoms with van der Waals surface area (Å²) in [5.41, 5.74) is 3.97. The quantitative estimate of drug-likeness (QED) is 0.568. The van der Waals surface area contributed by atoms with Gasteiger partial charge in [0.25, 0.3) is 0 Å². The highest BCUT2D eigenvalue weighted by atomic mass is 28.2. The van der Waals surface area contributed by atoms with Crippen LogP contribution >= 0.6 is 0 Å². The van der Waals surface area contributed by atoms with Crippen LogP contribution in [0.5, 0.6) is 0 Å². The summed E-state index contributed by atoms with van der Waals surface area (Å²) >= 11 is 0. The van der Waals surface area contributed by atoms with E-state index >= 15 is 0 Å². The molecule has 0 saturated carbocycles. The number of hydrogen-bond acceptors (Lipinski definition) is 1. The van der Waals surface area contributed by atoms with Crippen LogP contribution in [0, 0.1) is 0 Å². The summed E-state index contributed by atoms with van der Waals surface area (Å²) in [7, 11) is 0.0397. The standard InChI is InChI=1S/C11H25NSi/c1-5-7-12(8-6-2)10-13-9-11(3)4/h9H,5-8,10,13H2,1-4H3. The summed E-state index contributed by atoms with van der Waals surface area (Å²) in [6.45, 7) is 11.5. The van der Waals surface area contributed by atoms with Crippen molar-refractivity contribution in [3.63, 3.8) is 0 Å². The molecular weight excluding hydrogens is 174 g/mol. The van der Waals surface area contributed by atoms with Crippen molar-refractivity contribution >= 4 is 9.52 Å². The van der Waals surface area contributed by atoms with E-state index in [1.165, 1.54) is 37.7 Å². The highest BCUT2D eigenvalue weighted by Crippen LogP contribution is 1.94. The molecule has 0 spiro atoms. The molecule has 13 heavy (non-hydrogen) atoms. The first-order valence-electron chi connectivity index (χ1n) is 5.56. The molecule has 0 aromatic rings. The van der Waals surface area contributed by atoms with Crippen LogP contribution in [0.3, 0.4) is 0 Å². The van der Waals surface area contributed by atoms with Crippen LogP contribution in [0.25, 0.3) is 0 Å². The number of hydrogen-bond donors (Lipinski definition) is 0. The van der Waals surface area contributed by atoms with E-state index in [1.807, 2.05) is 0 Å². The van der Waals surface area contributed by atoms with Crippen LogP contribution in [-0.2, 0) is 0 Å². The summed E-state index contributed by atoms with van der Waals surface area (Å²) in [6.07, 6.45) is 3.96. The number of nitrogens with zero attached hydrogens (tertiary/aromatic N) is 1. The lowest BCUT2D eigenvalue weighted by atomic mass is 10.4. The molecule has 0 radical (unpaired) electrons. The van der Waals surface area contributed by atoms with Crippen molar-refractivity contribution in [1.29, 1.82) is 0 Å². The topological polar surface area (TPSA) is 3.24 Å². The van der Waals surface area contributed by atoms with Crippen LogP contribution in [0.1, 0.15) is 40.5 Å². The van der Waals surface area contributed by atoms with Crippen LogP contribution < -0.4 is 0 Å². The second-order valence-corrected chi connectivity index (χ2v) is 5.34. The molecule has 0 aliphatic carbocycles. The van der Waals surface area contributed by atoms with Gasteiger partial charge < -0.3 is 4.90 Å². The Morgan fingerprint density at radius 2 is 1.69 bits per heavy atom. The zero-order chi connectivity index (χ0) is 10.1. The highest BCUT2D eigenvalue weighted by molar-refractivity contribution is 6.42. The van der Waals surface area contributed by atoms with Gasteiger partial charge in [-0.1, -0.05) is 19.4 Å². The fourth-order valence-corrected chi connectivity index (χ4v) is 3.02. The average molecular weight is 199 g/mol. The Morgan fingerprint density at radius 1 is 1.15 bits per heavy atom. The van der Waals surface area contributed by atoms with Gasteiger partial charge in [-0.05, 0) is 45.9 Å². The van der Waals surface area contributed by atoms with E-state index in [0.717, 1.165) is 0 Å². The molecule has 78 valence electrons. The second kappa shape index (κ2) is 8.51. The summed E-state index contributed by atoms with van der Waals surface area (Å²) in [6, 6.07) is 0. The van der Waals surface area contributed by atoms with E-state index in [0.29, 0.717) is 0 Å². The normalized spacial score (nSPS) is 11.5. The second-order valence-electron chi connectivity index (χ2n) is 3.91. The molecule has 0 unspecified atom stereocenters. The van der Waals surface area contributed by atoms with Gasteiger partial charge in [-0.2, -0.15) is 0 Å². The summed E-state index contributed by atoms with van der Waals surface area (Å²) in [5.74, 6) is 0. The van der Waals surface area contributed by atoms with Crippen LogP contribution in [0.4, 0.5) is 0 Å². The van der Waals surface area contributed by atoms with Gasteiger partial charge in [0.05, 0.1) is 9.52 Å². The molecule has 0 aromatic carbocycles. The van der Waals surface area contributed by atoms with Crippen molar-refractivity contribution in [1.82, 2.24) is 4.90 Å². The fraction of sp³-hybridized carbons (Fsp3) is 0.818. The predicted octanol–water partition coefficient (Wildman–Crippen LogP) is 2.16. The van der Waals surface area contributed by atoms with E-state index in [2.05, 4.69) is 38.3 Å². The third-order valence-electron chi connectivity index (χ3n) is 2.08. The van der Waals surface area contributed by atoms with Gasteiger partial charge in [0, 0.05) is 0 Å². The number of rotatable bonds is 7. The van der Waals surface area contributed by atoms with Gasteiger partial charge in [-0.15, -0.1) is 5.70 Å². The molecule has 0 saturated heterocycles. The molecule has 0 fully saturated rings. The van der Waals surface area contributed by atoms with Crippen LogP contribution in [0.15, 0.2) is 11.3 Å². The van der Waals surface area contributed by atoms with Gasteiger partial charge in [-0.3, -0.25) is 0 Å². The molecular formula is C11H25NSi. The third-order valence-corrected chi connectivity index (χ3v) is 4.07. The van der Waals surface area contributed by atoms with E-state index in [4.69, 9.17) is 0 Å². The summed E-state index contributed by atoms with van der Waals surface area (Å²) < 4.78 is 0. The Morgan fingerprint density at radius 3 is 2.08 bits per heavy atom. The molecule has 0 atom stereocenters. The largest absolute Gasteiger partial charge is 0.306 e. The molecule has 0 heterocycles. The van der Waals surface area contributed by atoms with Crippen molar-refractivity contribution < 1.29 is 0 Å². The minimum Gasteiger partial charge on any atom is -0.306 e. The van der Waals surface area contributed by atoms with Gasteiger partial charge in [0.2, 0.25) is 0 Å². The first-order valence-corrected chi connectivity index (χ1v) is 7.38. The molecule has 1 nitrogen and oxygen atoms in total. The first-order chi connectivity index (χ1) is 6.20. The summed E-state index contributed by atoms with van der Waals surface area (Å²) in [5, 5.41) is 0. The lowest BCUT2D eigenvalue weighted by Crippen LogP contribution is -2.29. The molecule has 0 rings (SSSR count). The Balaban J connectivity index is 3.61. The maximum absolute atomic E-state index is 2.62. The summed E-state index contributed by atoms with van der Waals surface area (Å²) in [4.78, 5) is 2.62. The Bertz CT molecular complexity index is 133. The first kappa shape index (κ1) is 12.9.